The number of carbonyl (C=O) groups excluding carboxylic acids is 2. The van der Waals surface area contributed by atoms with Crippen LogP contribution in [0.5, 0.6) is 0 Å². The standard InChI is InChI=1S/C34H45N3O4S/c1-8-27(7)35-34(39)32(9-2)36(22-28-14-10-25(5)11-15-28)33(38)23-37(30-18-16-29(17-19-30)24(3)4)42(40,41)31-20-12-26(6)13-21-31/h10-21,24,27,32H,8-9,22-23H2,1-7H3,(H,35,39)/t27-,32-/m1/s1. The van der Waals surface area contributed by atoms with Gasteiger partial charge in [0.05, 0.1) is 10.6 Å². The average molecular weight is 592 g/mol. The number of carbonyl (C=O) groups is 2. The van der Waals surface area contributed by atoms with Gasteiger partial charge in [-0.3, -0.25) is 13.9 Å². The minimum absolute atomic E-state index is 0.0548. The van der Waals surface area contributed by atoms with Crippen molar-refractivity contribution in [1.29, 1.82) is 0 Å². The molecule has 226 valence electrons. The third-order valence-corrected chi connectivity index (χ3v) is 9.38. The average Bonchev–Trinajstić information content (AvgIpc) is 2.96. The number of hydrogen-bond donors (Lipinski definition) is 1. The fourth-order valence-corrected chi connectivity index (χ4v) is 6.06. The summed E-state index contributed by atoms with van der Waals surface area (Å²) in [6.45, 7) is 13.5. The van der Waals surface area contributed by atoms with Gasteiger partial charge in [0.15, 0.2) is 0 Å². The summed E-state index contributed by atoms with van der Waals surface area (Å²) in [6.07, 6.45) is 1.14. The molecule has 1 N–H and O–H groups in total. The van der Waals surface area contributed by atoms with Gasteiger partial charge in [0.1, 0.15) is 12.6 Å². The molecule has 3 aromatic carbocycles. The highest BCUT2D eigenvalue weighted by molar-refractivity contribution is 7.92. The van der Waals surface area contributed by atoms with Gasteiger partial charge in [0.2, 0.25) is 11.8 Å². The Labute approximate surface area is 252 Å². The summed E-state index contributed by atoms with van der Waals surface area (Å²) in [5, 5.41) is 3.01. The van der Waals surface area contributed by atoms with Crippen molar-refractivity contribution in [2.45, 2.75) is 90.7 Å². The second-order valence-corrected chi connectivity index (χ2v) is 13.2. The van der Waals surface area contributed by atoms with Crippen molar-refractivity contribution in [2.24, 2.45) is 0 Å². The molecule has 7 nitrogen and oxygen atoms in total. The van der Waals surface area contributed by atoms with Crippen molar-refractivity contribution in [2.75, 3.05) is 10.8 Å². The Kier molecular flexibility index (Phi) is 11.3. The molecule has 0 aliphatic rings. The maximum atomic E-state index is 14.2. The van der Waals surface area contributed by atoms with Gasteiger partial charge in [-0.2, -0.15) is 0 Å². The number of benzene rings is 3. The molecule has 42 heavy (non-hydrogen) atoms. The number of rotatable bonds is 13. The Morgan fingerprint density at radius 2 is 1.33 bits per heavy atom. The predicted octanol–water partition coefficient (Wildman–Crippen LogP) is 6.34. The fraction of sp³-hybridized carbons (Fsp3) is 0.412. The minimum Gasteiger partial charge on any atom is -0.352 e. The molecule has 0 bridgehead atoms. The van der Waals surface area contributed by atoms with Gasteiger partial charge < -0.3 is 10.2 Å². The van der Waals surface area contributed by atoms with Crippen LogP contribution in [0.15, 0.2) is 77.7 Å². The van der Waals surface area contributed by atoms with E-state index in [1.54, 1.807) is 36.4 Å². The van der Waals surface area contributed by atoms with E-state index in [1.807, 2.05) is 71.0 Å². The largest absolute Gasteiger partial charge is 0.352 e. The van der Waals surface area contributed by atoms with Crippen molar-refractivity contribution in [3.05, 3.63) is 95.1 Å². The van der Waals surface area contributed by atoms with E-state index in [0.717, 1.165) is 33.0 Å². The highest BCUT2D eigenvalue weighted by atomic mass is 32.2. The van der Waals surface area contributed by atoms with E-state index < -0.39 is 28.5 Å². The third kappa shape index (κ3) is 8.22. The number of nitrogens with zero attached hydrogens (tertiary/aromatic N) is 2. The molecular formula is C34H45N3O4S. The maximum absolute atomic E-state index is 14.2. The molecular weight excluding hydrogens is 546 g/mol. The molecule has 0 unspecified atom stereocenters. The number of aryl methyl sites for hydroxylation is 2. The van der Waals surface area contributed by atoms with Crippen LogP contribution in [0.3, 0.4) is 0 Å². The molecule has 0 saturated carbocycles. The molecule has 0 heterocycles. The van der Waals surface area contributed by atoms with Gasteiger partial charge in [-0.15, -0.1) is 0 Å². The number of amides is 2. The lowest BCUT2D eigenvalue weighted by molar-refractivity contribution is -0.140. The van der Waals surface area contributed by atoms with Crippen LogP contribution in [0, 0.1) is 13.8 Å². The summed E-state index contributed by atoms with van der Waals surface area (Å²) >= 11 is 0. The van der Waals surface area contributed by atoms with Crippen molar-refractivity contribution < 1.29 is 18.0 Å². The molecule has 2 atom stereocenters. The summed E-state index contributed by atoms with van der Waals surface area (Å²) < 4.78 is 29.3. The molecule has 0 saturated heterocycles. The first-order valence-corrected chi connectivity index (χ1v) is 16.2. The topological polar surface area (TPSA) is 86.8 Å². The van der Waals surface area contributed by atoms with E-state index in [1.165, 1.54) is 4.90 Å². The summed E-state index contributed by atoms with van der Waals surface area (Å²) in [6, 6.07) is 20.8. The first-order valence-electron chi connectivity index (χ1n) is 14.7. The summed E-state index contributed by atoms with van der Waals surface area (Å²) in [4.78, 5) is 29.2. The van der Waals surface area contributed by atoms with Crippen LogP contribution in [0.1, 0.15) is 75.6 Å². The molecule has 0 aliphatic heterocycles. The van der Waals surface area contributed by atoms with Gasteiger partial charge in [-0.25, -0.2) is 8.42 Å². The highest BCUT2D eigenvalue weighted by Crippen LogP contribution is 2.27. The Morgan fingerprint density at radius 1 is 0.786 bits per heavy atom. The number of nitrogens with one attached hydrogen (secondary N) is 1. The van der Waals surface area contributed by atoms with E-state index in [9.17, 15) is 18.0 Å². The molecule has 0 fully saturated rings. The molecule has 3 rings (SSSR count). The highest BCUT2D eigenvalue weighted by Gasteiger charge is 2.34. The molecule has 8 heteroatoms. The monoisotopic (exact) mass is 591 g/mol. The van der Waals surface area contributed by atoms with E-state index >= 15 is 0 Å². The Hall–Kier alpha value is -3.65. The lowest BCUT2D eigenvalue weighted by atomic mass is 10.0. The Morgan fingerprint density at radius 3 is 1.83 bits per heavy atom. The van der Waals surface area contributed by atoms with E-state index in [2.05, 4.69) is 19.2 Å². The van der Waals surface area contributed by atoms with Crippen LogP contribution >= 0.6 is 0 Å². The van der Waals surface area contributed by atoms with Crippen molar-refractivity contribution in [1.82, 2.24) is 10.2 Å². The van der Waals surface area contributed by atoms with Crippen molar-refractivity contribution in [3.63, 3.8) is 0 Å². The molecule has 3 aromatic rings. The normalized spacial score (nSPS) is 13.0. The lowest BCUT2D eigenvalue weighted by Crippen LogP contribution is -2.53. The zero-order valence-corrected chi connectivity index (χ0v) is 26.7. The molecule has 2 amide bonds. The van der Waals surface area contributed by atoms with Gasteiger partial charge in [0.25, 0.3) is 10.0 Å². The van der Waals surface area contributed by atoms with E-state index in [-0.39, 0.29) is 29.3 Å². The summed E-state index contributed by atoms with van der Waals surface area (Å²) in [7, 11) is -4.10. The zero-order valence-electron chi connectivity index (χ0n) is 25.9. The number of anilines is 1. The minimum atomic E-state index is -4.10. The third-order valence-electron chi connectivity index (χ3n) is 7.60. The molecule has 0 spiro atoms. The first kappa shape index (κ1) is 32.9. The predicted molar refractivity (Wildman–Crippen MR) is 170 cm³/mol. The number of hydrogen-bond acceptors (Lipinski definition) is 4. The van der Waals surface area contributed by atoms with Gasteiger partial charge in [0, 0.05) is 12.6 Å². The maximum Gasteiger partial charge on any atom is 0.264 e. The Bertz CT molecular complexity index is 1430. The first-order chi connectivity index (χ1) is 19.9. The van der Waals surface area contributed by atoms with Crippen LogP contribution < -0.4 is 9.62 Å². The van der Waals surface area contributed by atoms with Gasteiger partial charge in [-0.05, 0) is 74.9 Å². The number of sulfonamides is 1. The van der Waals surface area contributed by atoms with Crippen LogP contribution in [0.4, 0.5) is 5.69 Å². The summed E-state index contributed by atoms with van der Waals surface area (Å²) in [5.74, 6) is -0.436. The van der Waals surface area contributed by atoms with Gasteiger partial charge in [-0.1, -0.05) is 87.4 Å². The quantitative estimate of drug-likeness (QED) is 0.251. The van der Waals surface area contributed by atoms with E-state index in [4.69, 9.17) is 0 Å². The van der Waals surface area contributed by atoms with Crippen molar-refractivity contribution >= 4 is 27.5 Å². The second-order valence-electron chi connectivity index (χ2n) is 11.3. The van der Waals surface area contributed by atoms with Crippen LogP contribution in [0.2, 0.25) is 0 Å². The van der Waals surface area contributed by atoms with Crippen LogP contribution in [0.25, 0.3) is 0 Å². The lowest BCUT2D eigenvalue weighted by Gasteiger charge is -2.33. The summed E-state index contributed by atoms with van der Waals surface area (Å²) in [5.41, 5.74) is 4.32. The van der Waals surface area contributed by atoms with Crippen LogP contribution in [-0.4, -0.2) is 43.8 Å². The van der Waals surface area contributed by atoms with Crippen LogP contribution in [-0.2, 0) is 26.2 Å². The Balaban J connectivity index is 2.07. The SMILES string of the molecule is CC[C@@H](C)NC(=O)[C@@H](CC)N(Cc1ccc(C)cc1)C(=O)CN(c1ccc(C(C)C)cc1)S(=O)(=O)c1ccc(C)cc1. The van der Waals surface area contributed by atoms with Gasteiger partial charge >= 0.3 is 0 Å². The van der Waals surface area contributed by atoms with E-state index in [0.29, 0.717) is 12.1 Å². The zero-order chi connectivity index (χ0) is 31.0. The van der Waals surface area contributed by atoms with Crippen molar-refractivity contribution in [3.8, 4) is 0 Å². The molecule has 0 aliphatic carbocycles. The second kappa shape index (κ2) is 14.5. The smallest absolute Gasteiger partial charge is 0.264 e. The molecule has 0 aromatic heterocycles. The molecule has 0 radical (unpaired) electrons. The fourth-order valence-electron chi connectivity index (χ4n) is 4.64.